The molecule has 1 fully saturated rings. The van der Waals surface area contributed by atoms with Crippen LogP contribution in [-0.4, -0.2) is 48.2 Å². The fourth-order valence-corrected chi connectivity index (χ4v) is 3.89. The van der Waals surface area contributed by atoms with Crippen LogP contribution in [0.1, 0.15) is 26.7 Å². The van der Waals surface area contributed by atoms with Crippen LogP contribution >= 0.6 is 0 Å². The summed E-state index contributed by atoms with van der Waals surface area (Å²) >= 11 is 0. The van der Waals surface area contributed by atoms with Crippen molar-refractivity contribution in [2.45, 2.75) is 38.1 Å². The lowest BCUT2D eigenvalue weighted by molar-refractivity contribution is -0.149. The first-order valence-corrected chi connectivity index (χ1v) is 8.62. The van der Waals surface area contributed by atoms with E-state index in [4.69, 9.17) is 4.74 Å². The van der Waals surface area contributed by atoms with E-state index in [9.17, 15) is 13.2 Å². The number of ether oxygens (including phenoxy) is 1. The Morgan fingerprint density at radius 3 is 2.86 bits per heavy atom. The van der Waals surface area contributed by atoms with Crippen molar-refractivity contribution in [1.29, 1.82) is 0 Å². The number of hydrogen-bond donors (Lipinski definition) is 0. The molecule has 1 aliphatic rings. The Morgan fingerprint density at radius 2 is 2.24 bits per heavy atom. The number of nitrogens with zero attached hydrogens (tertiary/aromatic N) is 3. The number of rotatable bonds is 5. The van der Waals surface area contributed by atoms with Crippen LogP contribution < -0.4 is 0 Å². The summed E-state index contributed by atoms with van der Waals surface area (Å²) in [6, 6.07) is 0. The van der Waals surface area contributed by atoms with Gasteiger partial charge in [-0.1, -0.05) is 0 Å². The van der Waals surface area contributed by atoms with E-state index in [2.05, 4.69) is 5.10 Å². The molecular formula is C13H21N3O4S. The molecule has 0 spiro atoms. The van der Waals surface area contributed by atoms with Gasteiger partial charge in [-0.3, -0.25) is 9.48 Å². The molecule has 0 N–H and O–H groups in total. The van der Waals surface area contributed by atoms with E-state index in [-0.39, 0.29) is 23.3 Å². The largest absolute Gasteiger partial charge is 0.466 e. The van der Waals surface area contributed by atoms with Crippen LogP contribution in [0.4, 0.5) is 0 Å². The third-order valence-electron chi connectivity index (χ3n) is 3.58. The Hall–Kier alpha value is -1.41. The van der Waals surface area contributed by atoms with Crippen molar-refractivity contribution < 1.29 is 17.9 Å². The van der Waals surface area contributed by atoms with Crippen molar-refractivity contribution >= 4 is 16.0 Å². The molecule has 0 unspecified atom stereocenters. The van der Waals surface area contributed by atoms with E-state index in [1.54, 1.807) is 11.6 Å². The molecule has 1 atom stereocenters. The molecule has 0 saturated carbocycles. The zero-order chi connectivity index (χ0) is 15.5. The quantitative estimate of drug-likeness (QED) is 0.753. The highest BCUT2D eigenvalue weighted by Crippen LogP contribution is 2.24. The van der Waals surface area contributed by atoms with Crippen LogP contribution in [0.25, 0.3) is 0 Å². The maximum Gasteiger partial charge on any atom is 0.310 e. The van der Waals surface area contributed by atoms with Crippen molar-refractivity contribution in [3.63, 3.8) is 0 Å². The summed E-state index contributed by atoms with van der Waals surface area (Å²) in [5, 5.41) is 4.00. The molecular weight excluding hydrogens is 294 g/mol. The number of hydrogen-bond acceptors (Lipinski definition) is 5. The SMILES string of the molecule is CCOC(=O)[C@@H]1CCCN(S(=O)(=O)c2cnn(CC)c2)C1. The van der Waals surface area contributed by atoms with Gasteiger partial charge in [-0.25, -0.2) is 8.42 Å². The first-order valence-electron chi connectivity index (χ1n) is 7.18. The molecule has 0 bridgehead atoms. The van der Waals surface area contributed by atoms with E-state index in [0.29, 0.717) is 32.5 Å². The van der Waals surface area contributed by atoms with Crippen molar-refractivity contribution in [3.8, 4) is 0 Å². The lowest BCUT2D eigenvalue weighted by atomic mass is 10.0. The lowest BCUT2D eigenvalue weighted by Crippen LogP contribution is -2.42. The molecule has 2 heterocycles. The first-order chi connectivity index (χ1) is 9.98. The second kappa shape index (κ2) is 6.57. The third kappa shape index (κ3) is 3.44. The number of sulfonamides is 1. The van der Waals surface area contributed by atoms with Crippen LogP contribution in [0, 0.1) is 5.92 Å². The van der Waals surface area contributed by atoms with Gasteiger partial charge in [0.25, 0.3) is 0 Å². The van der Waals surface area contributed by atoms with E-state index in [1.165, 1.54) is 16.7 Å². The Kier molecular flexibility index (Phi) is 5.00. The number of carbonyl (C=O) groups is 1. The molecule has 0 aliphatic carbocycles. The van der Waals surface area contributed by atoms with Gasteiger partial charge >= 0.3 is 5.97 Å². The Morgan fingerprint density at radius 1 is 1.48 bits per heavy atom. The summed E-state index contributed by atoms with van der Waals surface area (Å²) in [5.74, 6) is -0.698. The van der Waals surface area contributed by atoms with Crippen LogP contribution in [0.5, 0.6) is 0 Å². The molecule has 1 aromatic heterocycles. The van der Waals surface area contributed by atoms with Crippen LogP contribution in [0.2, 0.25) is 0 Å². The number of esters is 1. The van der Waals surface area contributed by atoms with Gasteiger partial charge in [-0.2, -0.15) is 9.40 Å². The highest BCUT2D eigenvalue weighted by molar-refractivity contribution is 7.89. The van der Waals surface area contributed by atoms with Crippen molar-refractivity contribution in [3.05, 3.63) is 12.4 Å². The van der Waals surface area contributed by atoms with Crippen molar-refractivity contribution in [1.82, 2.24) is 14.1 Å². The van der Waals surface area contributed by atoms with Gasteiger partial charge in [0, 0.05) is 25.8 Å². The smallest absolute Gasteiger partial charge is 0.310 e. The van der Waals surface area contributed by atoms with Gasteiger partial charge in [0.1, 0.15) is 4.90 Å². The summed E-state index contributed by atoms with van der Waals surface area (Å²) in [6.45, 7) is 5.16. The number of carbonyl (C=O) groups excluding carboxylic acids is 1. The number of aryl methyl sites for hydroxylation is 1. The van der Waals surface area contributed by atoms with Gasteiger partial charge in [-0.05, 0) is 26.7 Å². The Labute approximate surface area is 124 Å². The molecule has 1 aromatic rings. The molecule has 7 nitrogen and oxygen atoms in total. The monoisotopic (exact) mass is 315 g/mol. The summed E-state index contributed by atoms with van der Waals surface area (Å²) in [4.78, 5) is 12.0. The van der Waals surface area contributed by atoms with E-state index >= 15 is 0 Å². The minimum atomic E-state index is -3.59. The summed E-state index contributed by atoms with van der Waals surface area (Å²) in [5.41, 5.74) is 0. The van der Waals surface area contributed by atoms with Crippen LogP contribution in [0.15, 0.2) is 17.3 Å². The lowest BCUT2D eigenvalue weighted by Gasteiger charge is -2.30. The zero-order valence-electron chi connectivity index (χ0n) is 12.4. The van der Waals surface area contributed by atoms with E-state index < -0.39 is 10.0 Å². The van der Waals surface area contributed by atoms with Gasteiger partial charge < -0.3 is 4.74 Å². The second-order valence-electron chi connectivity index (χ2n) is 4.99. The van der Waals surface area contributed by atoms with Gasteiger partial charge in [0.05, 0.1) is 18.7 Å². The highest BCUT2D eigenvalue weighted by atomic mass is 32.2. The van der Waals surface area contributed by atoms with Crippen molar-refractivity contribution in [2.24, 2.45) is 5.92 Å². The predicted molar refractivity (Wildman–Crippen MR) is 76.0 cm³/mol. The topological polar surface area (TPSA) is 81.5 Å². The Balaban J connectivity index is 2.14. The number of piperidine rings is 1. The van der Waals surface area contributed by atoms with E-state index in [0.717, 1.165) is 0 Å². The molecule has 118 valence electrons. The number of aromatic nitrogens is 2. The minimum absolute atomic E-state index is 0.175. The van der Waals surface area contributed by atoms with Gasteiger partial charge in [0.2, 0.25) is 10.0 Å². The molecule has 0 radical (unpaired) electrons. The maximum absolute atomic E-state index is 12.6. The molecule has 1 saturated heterocycles. The molecule has 0 aromatic carbocycles. The summed E-state index contributed by atoms with van der Waals surface area (Å²) in [7, 11) is -3.59. The molecule has 2 rings (SSSR count). The van der Waals surface area contributed by atoms with Crippen LogP contribution in [-0.2, 0) is 26.1 Å². The average Bonchev–Trinajstić information content (AvgIpc) is 2.97. The fourth-order valence-electron chi connectivity index (χ4n) is 2.41. The third-order valence-corrected chi connectivity index (χ3v) is 5.39. The van der Waals surface area contributed by atoms with Crippen molar-refractivity contribution in [2.75, 3.05) is 19.7 Å². The summed E-state index contributed by atoms with van der Waals surface area (Å²) in [6.07, 6.45) is 4.19. The fraction of sp³-hybridized carbons (Fsp3) is 0.692. The average molecular weight is 315 g/mol. The zero-order valence-corrected chi connectivity index (χ0v) is 13.2. The molecule has 8 heteroatoms. The van der Waals surface area contributed by atoms with Crippen LogP contribution in [0.3, 0.4) is 0 Å². The van der Waals surface area contributed by atoms with Gasteiger partial charge in [0.15, 0.2) is 0 Å². The highest BCUT2D eigenvalue weighted by Gasteiger charge is 2.34. The standard InChI is InChI=1S/C13H21N3O4S/c1-3-15-10-12(8-14-15)21(18,19)16-7-5-6-11(9-16)13(17)20-4-2/h8,10-11H,3-7,9H2,1-2H3/t11-/m1/s1. The van der Waals surface area contributed by atoms with Gasteiger partial charge in [-0.15, -0.1) is 0 Å². The second-order valence-corrected chi connectivity index (χ2v) is 6.92. The molecule has 0 amide bonds. The first kappa shape index (κ1) is 16.0. The van der Waals surface area contributed by atoms with E-state index in [1.807, 2.05) is 6.92 Å². The Bertz CT molecular complexity index is 596. The molecule has 21 heavy (non-hydrogen) atoms. The molecule has 1 aliphatic heterocycles. The minimum Gasteiger partial charge on any atom is -0.466 e. The normalized spacial score (nSPS) is 20.4. The maximum atomic E-state index is 12.6. The predicted octanol–water partition coefficient (Wildman–Crippen LogP) is 0.867. The summed E-state index contributed by atoms with van der Waals surface area (Å²) < 4.78 is 33.0.